The summed E-state index contributed by atoms with van der Waals surface area (Å²) in [5, 5.41) is 0. The molecule has 7 nitrogen and oxygen atoms in total. The molecule has 2 aromatic rings. The first-order chi connectivity index (χ1) is 10.6. The maximum absolute atomic E-state index is 12.7. The van der Waals surface area contributed by atoms with Crippen molar-refractivity contribution < 1.29 is 0 Å². The lowest BCUT2D eigenvalue weighted by atomic mass is 10.3. The quantitative estimate of drug-likeness (QED) is 0.815. The molecule has 0 saturated heterocycles. The third-order valence-electron chi connectivity index (χ3n) is 3.78. The second kappa shape index (κ2) is 6.91. The van der Waals surface area contributed by atoms with E-state index >= 15 is 0 Å². The standard InChI is InChI=1S/C15H25N5O2/c1-4-7-11-17-13-12(18(11)6-3)14(21)20(10-8-16)15(22)19(13)9-5-2/h4-10,16H2,1-3H3. The number of rotatable bonds is 7. The van der Waals surface area contributed by atoms with Gasteiger partial charge in [-0.25, -0.2) is 9.78 Å². The zero-order valence-electron chi connectivity index (χ0n) is 13.6. The first-order valence-corrected chi connectivity index (χ1v) is 8.03. The summed E-state index contributed by atoms with van der Waals surface area (Å²) in [6, 6.07) is 0. The van der Waals surface area contributed by atoms with Crippen LogP contribution in [-0.4, -0.2) is 25.2 Å². The molecule has 0 radical (unpaired) electrons. The molecular weight excluding hydrogens is 282 g/mol. The molecule has 2 heterocycles. The smallest absolute Gasteiger partial charge is 0.329 e. The molecule has 0 atom stereocenters. The lowest BCUT2D eigenvalue weighted by Gasteiger charge is -2.11. The van der Waals surface area contributed by atoms with Crippen LogP contribution < -0.4 is 17.0 Å². The fraction of sp³-hybridized carbons (Fsp3) is 0.667. The van der Waals surface area contributed by atoms with Crippen molar-refractivity contribution in [1.29, 1.82) is 0 Å². The van der Waals surface area contributed by atoms with Crippen LogP contribution in [0.15, 0.2) is 9.59 Å². The van der Waals surface area contributed by atoms with Crippen LogP contribution in [0.1, 0.15) is 39.4 Å². The fourth-order valence-corrected chi connectivity index (χ4v) is 2.84. The van der Waals surface area contributed by atoms with Gasteiger partial charge in [0.15, 0.2) is 11.2 Å². The van der Waals surface area contributed by atoms with Crippen LogP contribution in [0.2, 0.25) is 0 Å². The van der Waals surface area contributed by atoms with E-state index < -0.39 is 0 Å². The van der Waals surface area contributed by atoms with Gasteiger partial charge in [0.2, 0.25) is 0 Å². The number of nitrogens with zero attached hydrogens (tertiary/aromatic N) is 4. The molecule has 2 N–H and O–H groups in total. The zero-order chi connectivity index (χ0) is 16.3. The van der Waals surface area contributed by atoms with E-state index in [1.807, 2.05) is 18.4 Å². The summed E-state index contributed by atoms with van der Waals surface area (Å²) in [7, 11) is 0. The van der Waals surface area contributed by atoms with E-state index in [2.05, 4.69) is 11.9 Å². The number of hydrogen-bond donors (Lipinski definition) is 1. The van der Waals surface area contributed by atoms with Crippen molar-refractivity contribution >= 4 is 11.2 Å². The van der Waals surface area contributed by atoms with Crippen molar-refractivity contribution in [3.8, 4) is 0 Å². The average molecular weight is 307 g/mol. The molecule has 0 unspecified atom stereocenters. The van der Waals surface area contributed by atoms with Crippen LogP contribution >= 0.6 is 0 Å². The molecule has 2 rings (SSSR count). The number of fused-ring (bicyclic) bond motifs is 1. The number of imidazole rings is 1. The summed E-state index contributed by atoms with van der Waals surface area (Å²) >= 11 is 0. The molecule has 22 heavy (non-hydrogen) atoms. The summed E-state index contributed by atoms with van der Waals surface area (Å²) in [4.78, 5) is 29.9. The number of aromatic nitrogens is 4. The lowest BCUT2D eigenvalue weighted by molar-refractivity contribution is 0.564. The van der Waals surface area contributed by atoms with Crippen molar-refractivity contribution in [1.82, 2.24) is 18.7 Å². The molecule has 0 saturated carbocycles. The minimum Gasteiger partial charge on any atom is -0.329 e. The number of aryl methyl sites for hydroxylation is 3. The van der Waals surface area contributed by atoms with E-state index in [1.165, 1.54) is 4.57 Å². The molecule has 0 aliphatic rings. The monoisotopic (exact) mass is 307 g/mol. The van der Waals surface area contributed by atoms with E-state index in [-0.39, 0.29) is 24.3 Å². The Hall–Kier alpha value is -1.89. The molecule has 0 spiro atoms. The molecule has 0 aliphatic carbocycles. The molecule has 0 amide bonds. The van der Waals surface area contributed by atoms with Gasteiger partial charge in [-0.05, 0) is 19.8 Å². The minimum absolute atomic E-state index is 0.231. The Morgan fingerprint density at radius 2 is 1.73 bits per heavy atom. The van der Waals surface area contributed by atoms with Gasteiger partial charge in [0, 0.05) is 32.6 Å². The van der Waals surface area contributed by atoms with Gasteiger partial charge in [-0.1, -0.05) is 13.8 Å². The van der Waals surface area contributed by atoms with Crippen molar-refractivity contribution in [2.45, 2.75) is 59.7 Å². The van der Waals surface area contributed by atoms with E-state index in [9.17, 15) is 9.59 Å². The first-order valence-electron chi connectivity index (χ1n) is 8.03. The fourth-order valence-electron chi connectivity index (χ4n) is 2.84. The second-order valence-electron chi connectivity index (χ2n) is 5.37. The third kappa shape index (κ3) is 2.61. The molecular formula is C15H25N5O2. The molecule has 122 valence electrons. The number of nitrogens with two attached hydrogens (primary N) is 1. The van der Waals surface area contributed by atoms with Crippen LogP contribution in [0.3, 0.4) is 0 Å². The predicted octanol–water partition coefficient (Wildman–Crippen LogP) is 0.701. The average Bonchev–Trinajstić information content (AvgIpc) is 2.86. The molecule has 2 aromatic heterocycles. The SMILES string of the molecule is CCCc1nc2c(c(=O)n(CCN)c(=O)n2CCC)n1CC. The van der Waals surface area contributed by atoms with Gasteiger partial charge >= 0.3 is 5.69 Å². The van der Waals surface area contributed by atoms with Crippen molar-refractivity contribution in [3.05, 3.63) is 26.7 Å². The van der Waals surface area contributed by atoms with Crippen LogP contribution in [0.5, 0.6) is 0 Å². The normalized spacial score (nSPS) is 11.5. The maximum Gasteiger partial charge on any atom is 0.332 e. The summed E-state index contributed by atoms with van der Waals surface area (Å²) in [6.45, 7) is 7.76. The first kappa shape index (κ1) is 16.5. The molecule has 0 fully saturated rings. The predicted molar refractivity (Wildman–Crippen MR) is 87.3 cm³/mol. The van der Waals surface area contributed by atoms with Gasteiger partial charge in [0.05, 0.1) is 0 Å². The largest absolute Gasteiger partial charge is 0.332 e. The van der Waals surface area contributed by atoms with Crippen LogP contribution in [0.25, 0.3) is 11.2 Å². The Bertz CT molecular complexity index is 769. The van der Waals surface area contributed by atoms with E-state index in [4.69, 9.17) is 5.73 Å². The van der Waals surface area contributed by atoms with Crippen molar-refractivity contribution in [2.75, 3.05) is 6.54 Å². The van der Waals surface area contributed by atoms with Crippen LogP contribution in [-0.2, 0) is 26.1 Å². The Balaban J connectivity index is 2.91. The van der Waals surface area contributed by atoms with Gasteiger partial charge in [-0.3, -0.25) is 13.9 Å². The highest BCUT2D eigenvalue weighted by molar-refractivity contribution is 5.71. The van der Waals surface area contributed by atoms with Gasteiger partial charge in [-0.2, -0.15) is 0 Å². The van der Waals surface area contributed by atoms with Crippen LogP contribution in [0.4, 0.5) is 0 Å². The van der Waals surface area contributed by atoms with Gasteiger partial charge < -0.3 is 10.3 Å². The Morgan fingerprint density at radius 1 is 1.00 bits per heavy atom. The zero-order valence-corrected chi connectivity index (χ0v) is 13.6. The summed E-state index contributed by atoms with van der Waals surface area (Å²) < 4.78 is 4.78. The highest BCUT2D eigenvalue weighted by atomic mass is 16.2. The molecule has 0 aromatic carbocycles. The summed E-state index contributed by atoms with van der Waals surface area (Å²) in [5.41, 5.74) is 6.00. The Morgan fingerprint density at radius 3 is 2.27 bits per heavy atom. The Labute approximate surface area is 129 Å². The minimum atomic E-state index is -0.311. The van der Waals surface area contributed by atoms with Crippen LogP contribution in [0, 0.1) is 0 Å². The maximum atomic E-state index is 12.7. The van der Waals surface area contributed by atoms with Gasteiger partial charge in [-0.15, -0.1) is 0 Å². The number of hydrogen-bond acceptors (Lipinski definition) is 4. The van der Waals surface area contributed by atoms with Gasteiger partial charge in [0.1, 0.15) is 5.82 Å². The molecule has 0 aliphatic heterocycles. The second-order valence-corrected chi connectivity index (χ2v) is 5.37. The highest BCUT2D eigenvalue weighted by Crippen LogP contribution is 2.13. The van der Waals surface area contributed by atoms with Gasteiger partial charge in [0.25, 0.3) is 5.56 Å². The van der Waals surface area contributed by atoms with E-state index in [1.54, 1.807) is 4.57 Å². The van der Waals surface area contributed by atoms with E-state index in [0.29, 0.717) is 24.3 Å². The van der Waals surface area contributed by atoms with Crippen molar-refractivity contribution in [3.63, 3.8) is 0 Å². The summed E-state index contributed by atoms with van der Waals surface area (Å²) in [6.07, 6.45) is 2.54. The third-order valence-corrected chi connectivity index (χ3v) is 3.78. The highest BCUT2D eigenvalue weighted by Gasteiger charge is 2.19. The topological polar surface area (TPSA) is 87.8 Å². The molecule has 0 bridgehead atoms. The summed E-state index contributed by atoms with van der Waals surface area (Å²) in [5.74, 6) is 0.867. The lowest BCUT2D eigenvalue weighted by Crippen LogP contribution is -2.42. The Kier molecular flexibility index (Phi) is 5.18. The van der Waals surface area contributed by atoms with Crippen molar-refractivity contribution in [2.24, 2.45) is 5.73 Å². The molecule has 7 heteroatoms. The van der Waals surface area contributed by atoms with E-state index in [0.717, 1.165) is 25.1 Å².